The van der Waals surface area contributed by atoms with E-state index in [9.17, 15) is 4.79 Å². The number of nitrogens with two attached hydrogens (primary N) is 1. The highest BCUT2D eigenvalue weighted by Gasteiger charge is 1.94. The van der Waals surface area contributed by atoms with E-state index >= 15 is 0 Å². The summed E-state index contributed by atoms with van der Waals surface area (Å²) in [6.45, 7) is 0. The average Bonchev–Trinajstić information content (AvgIpc) is 2.05. The van der Waals surface area contributed by atoms with Crippen LogP contribution in [0.15, 0.2) is 35.2 Å². The maximum Gasteiger partial charge on any atom is 0.172 e. The van der Waals surface area contributed by atoms with Gasteiger partial charge in [0.15, 0.2) is 5.62 Å². The van der Waals surface area contributed by atoms with E-state index in [2.05, 4.69) is 0 Å². The van der Waals surface area contributed by atoms with E-state index in [0.717, 1.165) is 10.5 Å². The van der Waals surface area contributed by atoms with Gasteiger partial charge >= 0.3 is 0 Å². The summed E-state index contributed by atoms with van der Waals surface area (Å²) in [4.78, 5) is 11.1. The zero-order valence-electron chi connectivity index (χ0n) is 5.40. The molecule has 0 aromatic heterocycles. The standard InChI is InChI=1S/C7H9NOS/c8-10(6-9)7-4-2-1-3-5-7/h1-6,10H,8H2. The Morgan fingerprint density at radius 1 is 1.30 bits per heavy atom. The number of carbonyl (C=O) groups is 1. The molecule has 0 heterocycles. The lowest BCUT2D eigenvalue weighted by molar-refractivity contribution is 0.569. The Morgan fingerprint density at radius 2 is 1.90 bits per heavy atom. The molecule has 0 radical (unpaired) electrons. The molecule has 1 atom stereocenters. The summed E-state index contributed by atoms with van der Waals surface area (Å²) >= 11 is -1.05. The van der Waals surface area contributed by atoms with Crippen molar-refractivity contribution in [2.45, 2.75) is 4.90 Å². The van der Waals surface area contributed by atoms with Crippen LogP contribution in [0.25, 0.3) is 0 Å². The molecular weight excluding hydrogens is 146 g/mol. The van der Waals surface area contributed by atoms with E-state index in [1.807, 2.05) is 30.3 Å². The van der Waals surface area contributed by atoms with Crippen molar-refractivity contribution in [2.75, 3.05) is 0 Å². The van der Waals surface area contributed by atoms with Crippen LogP contribution < -0.4 is 5.14 Å². The number of rotatable bonds is 2. The highest BCUT2D eigenvalue weighted by Crippen LogP contribution is 2.23. The van der Waals surface area contributed by atoms with Crippen molar-refractivity contribution >= 4 is 16.7 Å². The summed E-state index contributed by atoms with van der Waals surface area (Å²) in [7, 11) is 0. The predicted molar refractivity (Wildman–Crippen MR) is 44.6 cm³/mol. The highest BCUT2D eigenvalue weighted by molar-refractivity contribution is 8.26. The van der Waals surface area contributed by atoms with E-state index in [4.69, 9.17) is 5.14 Å². The van der Waals surface area contributed by atoms with Gasteiger partial charge in [-0.15, -0.1) is 11.1 Å². The van der Waals surface area contributed by atoms with Crippen LogP contribution in [0, 0.1) is 0 Å². The first-order valence-corrected chi connectivity index (χ1v) is 4.37. The van der Waals surface area contributed by atoms with Crippen LogP contribution >= 0.6 is 11.1 Å². The van der Waals surface area contributed by atoms with Gasteiger partial charge in [0.25, 0.3) is 0 Å². The summed E-state index contributed by atoms with van der Waals surface area (Å²) < 4.78 is 0. The smallest absolute Gasteiger partial charge is 0.172 e. The third-order valence-electron chi connectivity index (χ3n) is 1.17. The van der Waals surface area contributed by atoms with Gasteiger partial charge in [-0.2, -0.15) is 0 Å². The molecule has 2 N–H and O–H groups in total. The van der Waals surface area contributed by atoms with Crippen LogP contribution in [-0.4, -0.2) is 5.62 Å². The minimum Gasteiger partial charge on any atom is -0.291 e. The number of benzene rings is 1. The second kappa shape index (κ2) is 3.39. The lowest BCUT2D eigenvalue weighted by Gasteiger charge is -2.05. The zero-order valence-corrected chi connectivity index (χ0v) is 6.29. The van der Waals surface area contributed by atoms with Crippen molar-refractivity contribution in [3.8, 4) is 0 Å². The Morgan fingerprint density at radius 3 is 2.40 bits per heavy atom. The summed E-state index contributed by atoms with van der Waals surface area (Å²) in [5, 5.41) is 5.49. The van der Waals surface area contributed by atoms with E-state index in [-0.39, 0.29) is 0 Å². The normalized spacial score (nSPS) is 14.3. The van der Waals surface area contributed by atoms with Crippen LogP contribution in [0.2, 0.25) is 0 Å². The van der Waals surface area contributed by atoms with Crippen LogP contribution in [0.3, 0.4) is 0 Å². The molecule has 0 fully saturated rings. The molecule has 1 aromatic carbocycles. The quantitative estimate of drug-likeness (QED) is 0.496. The fourth-order valence-corrected chi connectivity index (χ4v) is 1.30. The van der Waals surface area contributed by atoms with Crippen LogP contribution in [-0.2, 0) is 4.79 Å². The maximum absolute atomic E-state index is 10.2. The van der Waals surface area contributed by atoms with Crippen LogP contribution in [0.5, 0.6) is 0 Å². The van der Waals surface area contributed by atoms with Gasteiger partial charge in [-0.3, -0.25) is 9.93 Å². The third kappa shape index (κ3) is 1.59. The fourth-order valence-electron chi connectivity index (χ4n) is 0.661. The summed E-state index contributed by atoms with van der Waals surface area (Å²) in [5.41, 5.74) is 0.796. The first kappa shape index (κ1) is 7.31. The van der Waals surface area contributed by atoms with Crippen molar-refractivity contribution < 1.29 is 4.79 Å². The van der Waals surface area contributed by atoms with Crippen LogP contribution in [0.1, 0.15) is 0 Å². The molecule has 0 bridgehead atoms. The molecule has 0 aliphatic heterocycles. The number of hydrogen-bond donors (Lipinski definition) is 2. The lowest BCUT2D eigenvalue weighted by atomic mass is 10.4. The summed E-state index contributed by atoms with van der Waals surface area (Å²) in [6.07, 6.45) is 0. The van der Waals surface area contributed by atoms with Crippen molar-refractivity contribution in [2.24, 2.45) is 5.14 Å². The minimum absolute atomic E-state index is 0.796. The van der Waals surface area contributed by atoms with Gasteiger partial charge in [-0.1, -0.05) is 18.2 Å². The summed E-state index contributed by atoms with van der Waals surface area (Å²) in [6, 6.07) is 9.37. The van der Waals surface area contributed by atoms with Crippen LogP contribution in [0.4, 0.5) is 0 Å². The summed E-state index contributed by atoms with van der Waals surface area (Å²) in [5.74, 6) is 0. The van der Waals surface area contributed by atoms with Gasteiger partial charge in [0.2, 0.25) is 0 Å². The van der Waals surface area contributed by atoms with Crippen molar-refractivity contribution in [1.29, 1.82) is 0 Å². The topological polar surface area (TPSA) is 43.1 Å². The molecule has 1 aromatic rings. The monoisotopic (exact) mass is 155 g/mol. The molecule has 1 unspecified atom stereocenters. The maximum atomic E-state index is 10.2. The molecule has 54 valence electrons. The van der Waals surface area contributed by atoms with Gasteiger partial charge in [0.1, 0.15) is 0 Å². The molecule has 0 saturated heterocycles. The highest BCUT2D eigenvalue weighted by atomic mass is 32.2. The van der Waals surface area contributed by atoms with Gasteiger partial charge in [-0.25, -0.2) is 0 Å². The Labute approximate surface area is 62.5 Å². The Hall–Kier alpha value is -0.800. The second-order valence-electron chi connectivity index (χ2n) is 1.85. The zero-order chi connectivity index (χ0) is 7.40. The Balaban J connectivity index is 2.84. The molecule has 0 aliphatic rings. The molecular formula is C7H9NOS. The molecule has 3 heteroatoms. The second-order valence-corrected chi connectivity index (χ2v) is 3.39. The lowest BCUT2D eigenvalue weighted by Crippen LogP contribution is -1.93. The van der Waals surface area contributed by atoms with E-state index in [1.165, 1.54) is 0 Å². The Bertz CT molecular complexity index is 212. The molecule has 0 aliphatic carbocycles. The molecule has 2 nitrogen and oxygen atoms in total. The van der Waals surface area contributed by atoms with Gasteiger partial charge < -0.3 is 0 Å². The third-order valence-corrected chi connectivity index (χ3v) is 2.29. The molecule has 0 saturated carbocycles. The predicted octanol–water partition coefficient (Wildman–Crippen LogP) is 1.11. The number of carbonyl (C=O) groups excluding carboxylic acids is 1. The van der Waals surface area contributed by atoms with Gasteiger partial charge in [-0.05, 0) is 12.1 Å². The largest absolute Gasteiger partial charge is 0.291 e. The number of hydrogen-bond acceptors (Lipinski definition) is 2. The van der Waals surface area contributed by atoms with Gasteiger partial charge in [0.05, 0.1) is 0 Å². The molecule has 1 rings (SSSR count). The van der Waals surface area contributed by atoms with Gasteiger partial charge in [0, 0.05) is 4.90 Å². The van der Waals surface area contributed by atoms with Crippen molar-refractivity contribution in [3.63, 3.8) is 0 Å². The molecule has 0 amide bonds. The number of thiol groups is 1. The fraction of sp³-hybridized carbons (Fsp3) is 0. The van der Waals surface area contributed by atoms with E-state index in [0.29, 0.717) is 0 Å². The first-order valence-electron chi connectivity index (χ1n) is 2.89. The van der Waals surface area contributed by atoms with Crippen molar-refractivity contribution in [3.05, 3.63) is 30.3 Å². The van der Waals surface area contributed by atoms with E-state index in [1.54, 1.807) is 0 Å². The first-order chi connectivity index (χ1) is 4.84. The minimum atomic E-state index is -1.05. The molecule has 10 heavy (non-hydrogen) atoms. The van der Waals surface area contributed by atoms with E-state index < -0.39 is 11.1 Å². The molecule has 0 spiro atoms. The SMILES string of the molecule is N[SH](C=O)c1ccccc1. The Kier molecular flexibility index (Phi) is 2.48. The average molecular weight is 155 g/mol. The van der Waals surface area contributed by atoms with Crippen molar-refractivity contribution in [1.82, 2.24) is 0 Å².